The van der Waals surface area contributed by atoms with Crippen LogP contribution in [0.2, 0.25) is 0 Å². The molecule has 0 atom stereocenters. The summed E-state index contributed by atoms with van der Waals surface area (Å²) in [7, 11) is 1.24. The van der Waals surface area contributed by atoms with E-state index in [0.29, 0.717) is 6.54 Å². The van der Waals surface area contributed by atoms with Gasteiger partial charge in [0.25, 0.3) is 5.69 Å². The molecule has 1 aromatic carbocycles. The summed E-state index contributed by atoms with van der Waals surface area (Å²) in [6.45, 7) is 0.328. The van der Waals surface area contributed by atoms with Gasteiger partial charge in [0, 0.05) is 12.6 Å². The Morgan fingerprint density at radius 3 is 2.80 bits per heavy atom. The highest BCUT2D eigenvalue weighted by Crippen LogP contribution is 2.45. The van der Waals surface area contributed by atoms with Gasteiger partial charge in [-0.1, -0.05) is 0 Å². The Balaban J connectivity index is 2.25. The minimum absolute atomic E-state index is 0.133. The molecule has 0 heterocycles. The van der Waals surface area contributed by atoms with Crippen LogP contribution < -0.4 is 5.32 Å². The maximum absolute atomic E-state index is 11.4. The molecule has 0 saturated heterocycles. The smallest absolute Gasteiger partial charge is 0.337 e. The topological polar surface area (TPSA) is 105 Å². The molecule has 1 saturated carbocycles. The predicted molar refractivity (Wildman–Crippen MR) is 70.2 cm³/mol. The standard InChI is InChI=1S/C13H13N3O4/c1-20-12(17)9-2-3-11(16(18)19)10(6-9)15-8-13(7-14)4-5-13/h2-3,6,15H,4-5,8H2,1H3. The predicted octanol–water partition coefficient (Wildman–Crippen LogP) is 2.10. The molecular formula is C13H13N3O4. The van der Waals surface area contributed by atoms with Gasteiger partial charge in [0.2, 0.25) is 0 Å². The van der Waals surface area contributed by atoms with Crippen LogP contribution in [0.3, 0.4) is 0 Å². The molecular weight excluding hydrogens is 262 g/mol. The molecule has 1 N–H and O–H groups in total. The number of carbonyl (C=O) groups is 1. The molecule has 20 heavy (non-hydrogen) atoms. The van der Waals surface area contributed by atoms with Crippen LogP contribution in [0.4, 0.5) is 11.4 Å². The minimum atomic E-state index is -0.565. The number of nitro groups is 1. The molecule has 1 aliphatic rings. The minimum Gasteiger partial charge on any atom is -0.465 e. The highest BCUT2D eigenvalue weighted by molar-refractivity contribution is 5.91. The molecule has 0 spiro atoms. The van der Waals surface area contributed by atoms with Gasteiger partial charge >= 0.3 is 5.97 Å². The molecule has 0 amide bonds. The summed E-state index contributed by atoms with van der Waals surface area (Å²) >= 11 is 0. The summed E-state index contributed by atoms with van der Waals surface area (Å²) in [5.41, 5.74) is -0.122. The van der Waals surface area contributed by atoms with E-state index in [4.69, 9.17) is 5.26 Å². The number of nitrogens with zero attached hydrogens (tertiary/aromatic N) is 2. The van der Waals surface area contributed by atoms with Crippen LogP contribution in [0.1, 0.15) is 23.2 Å². The van der Waals surface area contributed by atoms with Crippen LogP contribution in [0.5, 0.6) is 0 Å². The van der Waals surface area contributed by atoms with Gasteiger partial charge in [0.1, 0.15) is 5.69 Å². The van der Waals surface area contributed by atoms with Gasteiger partial charge in [-0.25, -0.2) is 4.79 Å². The quantitative estimate of drug-likeness (QED) is 0.501. The summed E-state index contributed by atoms with van der Waals surface area (Å²) in [5, 5.41) is 22.9. The van der Waals surface area contributed by atoms with Crippen LogP contribution >= 0.6 is 0 Å². The normalized spacial score (nSPS) is 15.0. The van der Waals surface area contributed by atoms with Gasteiger partial charge in [0.15, 0.2) is 0 Å². The summed E-state index contributed by atoms with van der Waals surface area (Å²) in [6, 6.07) is 6.16. The van der Waals surface area contributed by atoms with Crippen LogP contribution in [-0.2, 0) is 4.74 Å². The molecule has 1 aliphatic carbocycles. The maximum atomic E-state index is 11.4. The fourth-order valence-electron chi connectivity index (χ4n) is 1.83. The summed E-state index contributed by atoms with van der Waals surface area (Å²) in [5.74, 6) is -0.565. The third kappa shape index (κ3) is 2.69. The van der Waals surface area contributed by atoms with Crippen LogP contribution in [-0.4, -0.2) is 24.5 Å². The van der Waals surface area contributed by atoms with Crippen molar-refractivity contribution in [2.24, 2.45) is 5.41 Å². The van der Waals surface area contributed by atoms with Crippen molar-refractivity contribution in [2.45, 2.75) is 12.8 Å². The van der Waals surface area contributed by atoms with E-state index < -0.39 is 16.3 Å². The van der Waals surface area contributed by atoms with E-state index in [9.17, 15) is 14.9 Å². The molecule has 0 bridgehead atoms. The molecule has 0 radical (unpaired) electrons. The van der Waals surface area contributed by atoms with Gasteiger partial charge in [0.05, 0.1) is 29.1 Å². The van der Waals surface area contributed by atoms with Gasteiger partial charge in [-0.15, -0.1) is 0 Å². The summed E-state index contributed by atoms with van der Waals surface area (Å²) in [4.78, 5) is 21.9. The number of benzene rings is 1. The van der Waals surface area contributed by atoms with Gasteiger partial charge in [-0.05, 0) is 25.0 Å². The zero-order valence-electron chi connectivity index (χ0n) is 10.9. The molecule has 7 heteroatoms. The fraction of sp³-hybridized carbons (Fsp3) is 0.385. The number of methoxy groups -OCH3 is 1. The zero-order valence-corrected chi connectivity index (χ0v) is 10.9. The zero-order chi connectivity index (χ0) is 14.8. The lowest BCUT2D eigenvalue weighted by Crippen LogP contribution is -2.15. The third-order valence-electron chi connectivity index (χ3n) is 3.32. The number of ether oxygens (including phenoxy) is 1. The first-order chi connectivity index (χ1) is 9.51. The van der Waals surface area contributed by atoms with Crippen molar-refractivity contribution in [3.8, 4) is 6.07 Å². The van der Waals surface area contributed by atoms with Crippen molar-refractivity contribution >= 4 is 17.3 Å². The van der Waals surface area contributed by atoms with Crippen LogP contribution in [0.15, 0.2) is 18.2 Å². The SMILES string of the molecule is COC(=O)c1ccc([N+](=O)[O-])c(NCC2(C#N)CC2)c1. The lowest BCUT2D eigenvalue weighted by atomic mass is 10.1. The summed E-state index contributed by atoms with van der Waals surface area (Å²) in [6.07, 6.45) is 1.56. The van der Waals surface area contributed by atoms with Crippen LogP contribution in [0.25, 0.3) is 0 Å². The van der Waals surface area contributed by atoms with Crippen molar-refractivity contribution in [1.82, 2.24) is 0 Å². The van der Waals surface area contributed by atoms with Gasteiger partial charge in [-0.3, -0.25) is 10.1 Å². The average Bonchev–Trinajstić information content (AvgIpc) is 3.24. The van der Waals surface area contributed by atoms with E-state index in [-0.39, 0.29) is 16.9 Å². The number of nitrogens with one attached hydrogen (secondary N) is 1. The number of nitriles is 1. The highest BCUT2D eigenvalue weighted by atomic mass is 16.6. The first kappa shape index (κ1) is 13.8. The Labute approximate surface area is 115 Å². The maximum Gasteiger partial charge on any atom is 0.337 e. The Hall–Kier alpha value is -2.62. The molecule has 1 aromatic rings. The molecule has 0 unspecified atom stereocenters. The number of nitro benzene ring substituents is 1. The second kappa shape index (κ2) is 5.17. The average molecular weight is 275 g/mol. The first-order valence-corrected chi connectivity index (χ1v) is 6.03. The fourth-order valence-corrected chi connectivity index (χ4v) is 1.83. The number of rotatable bonds is 5. The molecule has 0 aliphatic heterocycles. The number of hydrogen-bond donors (Lipinski definition) is 1. The summed E-state index contributed by atoms with van der Waals surface area (Å²) < 4.78 is 4.58. The third-order valence-corrected chi connectivity index (χ3v) is 3.32. The second-order valence-electron chi connectivity index (χ2n) is 4.73. The monoisotopic (exact) mass is 275 g/mol. The van der Waals surface area contributed by atoms with E-state index in [1.54, 1.807) is 0 Å². The first-order valence-electron chi connectivity index (χ1n) is 6.03. The molecule has 7 nitrogen and oxygen atoms in total. The highest BCUT2D eigenvalue weighted by Gasteiger charge is 2.43. The van der Waals surface area contributed by atoms with Crippen molar-refractivity contribution < 1.29 is 14.5 Å². The Morgan fingerprint density at radius 1 is 1.60 bits per heavy atom. The number of carbonyl (C=O) groups excluding carboxylic acids is 1. The number of anilines is 1. The molecule has 0 aromatic heterocycles. The van der Waals surface area contributed by atoms with E-state index in [2.05, 4.69) is 16.1 Å². The molecule has 2 rings (SSSR count). The van der Waals surface area contributed by atoms with Crippen molar-refractivity contribution in [1.29, 1.82) is 5.26 Å². The Bertz CT molecular complexity index is 602. The molecule has 1 fully saturated rings. The van der Waals surface area contributed by atoms with Crippen molar-refractivity contribution in [3.63, 3.8) is 0 Å². The number of esters is 1. The second-order valence-corrected chi connectivity index (χ2v) is 4.73. The van der Waals surface area contributed by atoms with E-state index >= 15 is 0 Å². The van der Waals surface area contributed by atoms with Crippen molar-refractivity contribution in [3.05, 3.63) is 33.9 Å². The van der Waals surface area contributed by atoms with E-state index in [1.807, 2.05) is 0 Å². The Kier molecular flexibility index (Phi) is 3.57. The van der Waals surface area contributed by atoms with E-state index in [1.165, 1.54) is 25.3 Å². The lowest BCUT2D eigenvalue weighted by Gasteiger charge is -2.11. The Morgan fingerprint density at radius 2 is 2.30 bits per heavy atom. The largest absolute Gasteiger partial charge is 0.465 e. The van der Waals surface area contributed by atoms with Gasteiger partial charge < -0.3 is 10.1 Å². The van der Waals surface area contributed by atoms with Crippen LogP contribution in [0, 0.1) is 26.9 Å². The lowest BCUT2D eigenvalue weighted by molar-refractivity contribution is -0.384. The van der Waals surface area contributed by atoms with Crippen molar-refractivity contribution in [2.75, 3.05) is 19.0 Å². The molecule has 104 valence electrons. The van der Waals surface area contributed by atoms with Gasteiger partial charge in [-0.2, -0.15) is 5.26 Å². The number of hydrogen-bond acceptors (Lipinski definition) is 6. The van der Waals surface area contributed by atoms with E-state index in [0.717, 1.165) is 12.8 Å².